The summed E-state index contributed by atoms with van der Waals surface area (Å²) in [7, 11) is 0. The van der Waals surface area contributed by atoms with Gasteiger partial charge in [0.05, 0.1) is 5.56 Å². The van der Waals surface area contributed by atoms with E-state index in [-0.39, 0.29) is 5.91 Å². The second-order valence-electron chi connectivity index (χ2n) is 6.56. The number of thiophene rings is 1. The fraction of sp³-hybridized carbons (Fsp3) is 0.400. The predicted octanol–water partition coefficient (Wildman–Crippen LogP) is 4.43. The molecule has 0 bridgehead atoms. The fourth-order valence-corrected chi connectivity index (χ4v) is 4.29. The van der Waals surface area contributed by atoms with Gasteiger partial charge >= 0.3 is 5.97 Å². The molecule has 0 radical (unpaired) electrons. The Hall–Kier alpha value is -2.14. The van der Waals surface area contributed by atoms with Gasteiger partial charge in [0.2, 0.25) is 0 Å². The lowest BCUT2D eigenvalue weighted by Gasteiger charge is -2.17. The Morgan fingerprint density at radius 3 is 2.56 bits per heavy atom. The zero-order valence-corrected chi connectivity index (χ0v) is 15.7. The van der Waals surface area contributed by atoms with Crippen molar-refractivity contribution in [2.24, 2.45) is 0 Å². The Bertz CT molecular complexity index is 789. The molecule has 1 amide bonds. The van der Waals surface area contributed by atoms with Crippen molar-refractivity contribution in [2.45, 2.75) is 52.6 Å². The maximum absolute atomic E-state index is 12.5. The van der Waals surface area contributed by atoms with Crippen molar-refractivity contribution in [3.8, 4) is 0 Å². The van der Waals surface area contributed by atoms with Crippen LogP contribution >= 0.6 is 11.3 Å². The summed E-state index contributed by atoms with van der Waals surface area (Å²) in [6.07, 6.45) is 3.40. The van der Waals surface area contributed by atoms with Crippen molar-refractivity contribution in [1.82, 2.24) is 0 Å². The van der Waals surface area contributed by atoms with E-state index in [1.54, 1.807) is 18.3 Å². The molecule has 0 spiro atoms. The Kier molecular flexibility index (Phi) is 5.23. The first-order valence-electron chi connectivity index (χ1n) is 8.64. The predicted molar refractivity (Wildman–Crippen MR) is 100 cm³/mol. The number of rotatable bonds is 4. The zero-order chi connectivity index (χ0) is 18.0. The Labute approximate surface area is 152 Å². The van der Waals surface area contributed by atoms with Gasteiger partial charge in [-0.15, -0.1) is 11.3 Å². The largest absolute Gasteiger partial charge is 0.449 e. The number of amides is 1. The van der Waals surface area contributed by atoms with E-state index in [0.717, 1.165) is 41.6 Å². The van der Waals surface area contributed by atoms with Crippen LogP contribution in [0.4, 0.5) is 5.69 Å². The second kappa shape index (κ2) is 7.40. The van der Waals surface area contributed by atoms with E-state index in [4.69, 9.17) is 4.74 Å². The lowest BCUT2D eigenvalue weighted by Crippen LogP contribution is -2.30. The van der Waals surface area contributed by atoms with Crippen LogP contribution in [-0.2, 0) is 22.4 Å². The van der Waals surface area contributed by atoms with Gasteiger partial charge in [0.15, 0.2) is 6.10 Å². The molecule has 1 heterocycles. The number of ether oxygens (including phenoxy) is 1. The van der Waals surface area contributed by atoms with E-state index in [1.807, 2.05) is 37.4 Å². The van der Waals surface area contributed by atoms with Crippen molar-refractivity contribution >= 4 is 28.9 Å². The number of para-hydroxylation sites is 1. The molecular weight excluding hydrogens is 334 g/mol. The minimum absolute atomic E-state index is 0.310. The third-order valence-electron chi connectivity index (χ3n) is 4.66. The van der Waals surface area contributed by atoms with E-state index in [2.05, 4.69) is 5.32 Å². The van der Waals surface area contributed by atoms with E-state index in [1.165, 1.54) is 11.3 Å². The maximum Gasteiger partial charge on any atom is 0.340 e. The minimum atomic E-state index is -0.842. The number of carbonyl (C=O) groups is 2. The molecule has 0 saturated heterocycles. The number of hydrogen-bond donors (Lipinski definition) is 1. The van der Waals surface area contributed by atoms with Gasteiger partial charge in [-0.1, -0.05) is 18.2 Å². The summed E-state index contributed by atoms with van der Waals surface area (Å²) in [5.74, 6) is -0.710. The molecule has 1 aliphatic rings. The lowest BCUT2D eigenvalue weighted by molar-refractivity contribution is -0.123. The third kappa shape index (κ3) is 3.76. The van der Waals surface area contributed by atoms with Crippen LogP contribution in [0.15, 0.2) is 23.6 Å². The number of aryl methyl sites for hydroxylation is 3. The molecule has 3 rings (SSSR count). The fourth-order valence-electron chi connectivity index (χ4n) is 3.18. The average Bonchev–Trinajstić information content (AvgIpc) is 3.02. The maximum atomic E-state index is 12.5. The normalized spacial score (nSPS) is 14.5. The molecule has 0 unspecified atom stereocenters. The highest BCUT2D eigenvalue weighted by Crippen LogP contribution is 2.30. The summed E-state index contributed by atoms with van der Waals surface area (Å²) in [6, 6.07) is 5.83. The van der Waals surface area contributed by atoms with Gasteiger partial charge in [0.1, 0.15) is 0 Å². The van der Waals surface area contributed by atoms with Gasteiger partial charge in [0.25, 0.3) is 5.91 Å². The van der Waals surface area contributed by atoms with Crippen LogP contribution in [0.5, 0.6) is 0 Å². The van der Waals surface area contributed by atoms with Gasteiger partial charge in [-0.25, -0.2) is 4.79 Å². The Balaban J connectivity index is 1.67. The highest BCUT2D eigenvalue weighted by atomic mass is 32.1. The van der Waals surface area contributed by atoms with Crippen LogP contribution in [0.3, 0.4) is 0 Å². The van der Waals surface area contributed by atoms with E-state index in [9.17, 15) is 9.59 Å². The number of anilines is 1. The topological polar surface area (TPSA) is 55.4 Å². The van der Waals surface area contributed by atoms with Crippen LogP contribution in [-0.4, -0.2) is 18.0 Å². The van der Waals surface area contributed by atoms with Crippen LogP contribution < -0.4 is 5.32 Å². The third-order valence-corrected chi connectivity index (χ3v) is 5.75. The van der Waals surface area contributed by atoms with Gasteiger partial charge < -0.3 is 10.1 Å². The highest BCUT2D eigenvalue weighted by molar-refractivity contribution is 7.10. The lowest BCUT2D eigenvalue weighted by atomic mass is 9.96. The van der Waals surface area contributed by atoms with Crippen LogP contribution in [0.25, 0.3) is 0 Å². The number of nitrogens with one attached hydrogen (secondary N) is 1. The smallest absolute Gasteiger partial charge is 0.340 e. The monoisotopic (exact) mass is 357 g/mol. The van der Waals surface area contributed by atoms with Gasteiger partial charge in [-0.3, -0.25) is 4.79 Å². The number of fused-ring (bicyclic) bond motifs is 1. The second-order valence-corrected chi connectivity index (χ2v) is 7.53. The Morgan fingerprint density at radius 1 is 1.16 bits per heavy atom. The molecule has 1 aromatic heterocycles. The van der Waals surface area contributed by atoms with Crippen molar-refractivity contribution in [3.05, 3.63) is 50.7 Å². The standard InChI is InChI=1S/C20H23NO3S/c1-12-7-6-8-13(2)18(12)21-19(22)14(3)24-20(23)16-11-25-17-10-5-4-9-15(16)17/h6-8,11,14H,4-5,9-10H2,1-3H3,(H,21,22)/t14-/m0/s1. The van der Waals surface area contributed by atoms with Crippen LogP contribution in [0, 0.1) is 13.8 Å². The highest BCUT2D eigenvalue weighted by Gasteiger charge is 2.25. The van der Waals surface area contributed by atoms with E-state index >= 15 is 0 Å². The van der Waals surface area contributed by atoms with Gasteiger partial charge in [-0.05, 0) is 63.1 Å². The SMILES string of the molecule is Cc1cccc(C)c1NC(=O)[C@H](C)OC(=O)c1csc2c1CCCC2. The minimum Gasteiger partial charge on any atom is -0.449 e. The molecule has 0 saturated carbocycles. The molecule has 132 valence electrons. The first-order valence-corrected chi connectivity index (χ1v) is 9.52. The average molecular weight is 357 g/mol. The molecule has 4 nitrogen and oxygen atoms in total. The number of esters is 1. The zero-order valence-electron chi connectivity index (χ0n) is 14.8. The quantitative estimate of drug-likeness (QED) is 0.824. The van der Waals surface area contributed by atoms with Gasteiger partial charge in [-0.2, -0.15) is 0 Å². The van der Waals surface area contributed by atoms with E-state index in [0.29, 0.717) is 5.56 Å². The van der Waals surface area contributed by atoms with Crippen LogP contribution in [0.1, 0.15) is 51.7 Å². The molecular formula is C20H23NO3S. The van der Waals surface area contributed by atoms with Crippen molar-refractivity contribution in [2.75, 3.05) is 5.32 Å². The van der Waals surface area contributed by atoms with Crippen molar-refractivity contribution < 1.29 is 14.3 Å². The molecule has 2 aromatic rings. The number of carbonyl (C=O) groups excluding carboxylic acids is 2. The molecule has 1 aromatic carbocycles. The summed E-state index contributed by atoms with van der Waals surface area (Å²) < 4.78 is 5.43. The van der Waals surface area contributed by atoms with Crippen molar-refractivity contribution in [3.63, 3.8) is 0 Å². The molecule has 1 atom stereocenters. The van der Waals surface area contributed by atoms with E-state index < -0.39 is 12.1 Å². The molecule has 0 fully saturated rings. The summed E-state index contributed by atoms with van der Waals surface area (Å²) >= 11 is 1.62. The Morgan fingerprint density at radius 2 is 1.84 bits per heavy atom. The molecule has 25 heavy (non-hydrogen) atoms. The molecule has 1 N–H and O–H groups in total. The number of benzene rings is 1. The first-order chi connectivity index (χ1) is 12.0. The van der Waals surface area contributed by atoms with Gasteiger partial charge in [0, 0.05) is 15.9 Å². The molecule has 5 heteroatoms. The first kappa shape index (κ1) is 17.7. The van der Waals surface area contributed by atoms with Crippen LogP contribution in [0.2, 0.25) is 0 Å². The summed E-state index contributed by atoms with van der Waals surface area (Å²) in [5, 5.41) is 4.75. The summed E-state index contributed by atoms with van der Waals surface area (Å²) in [6.45, 7) is 5.49. The van der Waals surface area contributed by atoms with Crippen molar-refractivity contribution in [1.29, 1.82) is 0 Å². The summed E-state index contributed by atoms with van der Waals surface area (Å²) in [5.41, 5.74) is 4.50. The molecule has 1 aliphatic carbocycles. The number of hydrogen-bond acceptors (Lipinski definition) is 4. The summed E-state index contributed by atoms with van der Waals surface area (Å²) in [4.78, 5) is 26.2. The molecule has 0 aliphatic heterocycles.